The van der Waals surface area contributed by atoms with Crippen molar-refractivity contribution in [1.29, 1.82) is 0 Å². The molecule has 154 valence electrons. The minimum absolute atomic E-state index is 0.0213. The van der Waals surface area contributed by atoms with Gasteiger partial charge in [0.2, 0.25) is 0 Å². The molecule has 1 amide bonds. The maximum atomic E-state index is 13.0. The second kappa shape index (κ2) is 6.97. The molecule has 7 nitrogen and oxygen atoms in total. The van der Waals surface area contributed by atoms with E-state index in [1.165, 1.54) is 12.1 Å². The van der Waals surface area contributed by atoms with E-state index in [0.717, 1.165) is 12.1 Å². The number of fused-ring (bicyclic) bond motifs is 1. The van der Waals surface area contributed by atoms with Crippen LogP contribution in [0.3, 0.4) is 0 Å². The molecule has 0 aliphatic rings. The zero-order valence-corrected chi connectivity index (χ0v) is 16.2. The van der Waals surface area contributed by atoms with Gasteiger partial charge in [0.05, 0.1) is 33.6 Å². The standard InChI is InChI=1S/C20H16F3N5O2/c1-10-15(9-28(3)26-10)16-8-14(17-11(2)27-30-19(17)25-16)18(29)24-13-6-4-5-12(7-13)20(21,22)23/h4-9H,1-3H3,(H,24,29). The molecule has 3 aromatic heterocycles. The fraction of sp³-hybridized carbons (Fsp3) is 0.200. The second-order valence-electron chi connectivity index (χ2n) is 6.84. The summed E-state index contributed by atoms with van der Waals surface area (Å²) >= 11 is 0. The predicted octanol–water partition coefficient (Wildman–Crippen LogP) is 4.51. The van der Waals surface area contributed by atoms with Crippen LogP contribution in [0.2, 0.25) is 0 Å². The SMILES string of the molecule is Cc1nn(C)cc1-c1cc(C(=O)Nc2cccc(C(F)(F)F)c2)c2c(C)noc2n1. The number of nitrogens with zero attached hydrogens (tertiary/aromatic N) is 4. The van der Waals surface area contributed by atoms with E-state index in [2.05, 4.69) is 20.6 Å². The Kier molecular flexibility index (Phi) is 4.56. The van der Waals surface area contributed by atoms with Gasteiger partial charge in [0.25, 0.3) is 11.6 Å². The van der Waals surface area contributed by atoms with Crippen molar-refractivity contribution < 1.29 is 22.5 Å². The van der Waals surface area contributed by atoms with E-state index in [1.807, 2.05) is 0 Å². The van der Waals surface area contributed by atoms with Crippen LogP contribution < -0.4 is 5.32 Å². The number of benzene rings is 1. The Hall–Kier alpha value is -3.69. The average molecular weight is 415 g/mol. The number of halogens is 3. The number of aryl methyl sites for hydroxylation is 3. The molecule has 0 aliphatic carbocycles. The van der Waals surface area contributed by atoms with Gasteiger partial charge in [-0.15, -0.1) is 0 Å². The molecule has 3 heterocycles. The lowest BCUT2D eigenvalue weighted by Crippen LogP contribution is -2.14. The van der Waals surface area contributed by atoms with E-state index in [0.29, 0.717) is 28.0 Å². The van der Waals surface area contributed by atoms with Crippen LogP contribution in [0.5, 0.6) is 0 Å². The third-order valence-electron chi connectivity index (χ3n) is 4.60. The molecule has 0 spiro atoms. The van der Waals surface area contributed by atoms with Crippen LogP contribution in [0.15, 0.2) is 41.1 Å². The Morgan fingerprint density at radius 3 is 2.60 bits per heavy atom. The van der Waals surface area contributed by atoms with Gasteiger partial charge in [0.15, 0.2) is 0 Å². The molecule has 0 saturated heterocycles. The summed E-state index contributed by atoms with van der Waals surface area (Å²) in [5, 5.41) is 11.1. The van der Waals surface area contributed by atoms with E-state index in [4.69, 9.17) is 4.52 Å². The number of rotatable bonds is 3. The van der Waals surface area contributed by atoms with Crippen LogP contribution in [0.25, 0.3) is 22.4 Å². The molecule has 10 heteroatoms. The first-order valence-electron chi connectivity index (χ1n) is 8.90. The highest BCUT2D eigenvalue weighted by Crippen LogP contribution is 2.32. The molecule has 0 atom stereocenters. The number of carbonyl (C=O) groups excluding carboxylic acids is 1. The highest BCUT2D eigenvalue weighted by Gasteiger charge is 2.30. The summed E-state index contributed by atoms with van der Waals surface area (Å²) in [7, 11) is 1.76. The number of pyridine rings is 1. The highest BCUT2D eigenvalue weighted by atomic mass is 19.4. The largest absolute Gasteiger partial charge is 0.416 e. The monoisotopic (exact) mass is 415 g/mol. The summed E-state index contributed by atoms with van der Waals surface area (Å²) in [6, 6.07) is 5.99. The van der Waals surface area contributed by atoms with Gasteiger partial charge in [0.1, 0.15) is 0 Å². The van der Waals surface area contributed by atoms with Crippen molar-refractivity contribution in [2.75, 3.05) is 5.32 Å². The summed E-state index contributed by atoms with van der Waals surface area (Å²) in [5.74, 6) is -0.601. The molecule has 0 aliphatic heterocycles. The van der Waals surface area contributed by atoms with Crippen LogP contribution >= 0.6 is 0 Å². The molecule has 0 bridgehead atoms. The third kappa shape index (κ3) is 3.51. The van der Waals surface area contributed by atoms with E-state index in [9.17, 15) is 18.0 Å². The first-order chi connectivity index (χ1) is 14.1. The molecule has 4 rings (SSSR count). The molecule has 0 unspecified atom stereocenters. The fourth-order valence-corrected chi connectivity index (χ4v) is 3.23. The molecular weight excluding hydrogens is 399 g/mol. The number of carbonyl (C=O) groups is 1. The minimum atomic E-state index is -4.51. The summed E-state index contributed by atoms with van der Waals surface area (Å²) < 4.78 is 45.8. The van der Waals surface area contributed by atoms with Crippen LogP contribution in [-0.4, -0.2) is 25.8 Å². The summed E-state index contributed by atoms with van der Waals surface area (Å²) in [5.41, 5.74) is 1.80. The van der Waals surface area contributed by atoms with Gasteiger partial charge in [-0.25, -0.2) is 4.98 Å². The van der Waals surface area contributed by atoms with Crippen molar-refractivity contribution in [2.45, 2.75) is 20.0 Å². The fourth-order valence-electron chi connectivity index (χ4n) is 3.23. The van der Waals surface area contributed by atoms with Gasteiger partial charge in [-0.3, -0.25) is 9.48 Å². The van der Waals surface area contributed by atoms with Crippen LogP contribution in [0.4, 0.5) is 18.9 Å². The quantitative estimate of drug-likeness (QED) is 0.532. The lowest BCUT2D eigenvalue weighted by Gasteiger charge is -2.11. The Bertz CT molecular complexity index is 1270. The Morgan fingerprint density at radius 1 is 1.17 bits per heavy atom. The van der Waals surface area contributed by atoms with E-state index < -0.39 is 17.6 Å². The minimum Gasteiger partial charge on any atom is -0.335 e. The van der Waals surface area contributed by atoms with E-state index in [-0.39, 0.29) is 17.0 Å². The molecule has 0 radical (unpaired) electrons. The van der Waals surface area contributed by atoms with Crippen LogP contribution in [0, 0.1) is 13.8 Å². The molecule has 30 heavy (non-hydrogen) atoms. The average Bonchev–Trinajstić information content (AvgIpc) is 3.22. The number of anilines is 1. The molecule has 4 aromatic rings. The summed E-state index contributed by atoms with van der Waals surface area (Å²) in [6.45, 7) is 3.46. The Morgan fingerprint density at radius 2 is 1.93 bits per heavy atom. The maximum Gasteiger partial charge on any atom is 0.416 e. The number of aromatic nitrogens is 4. The van der Waals surface area contributed by atoms with Gasteiger partial charge in [-0.1, -0.05) is 11.2 Å². The van der Waals surface area contributed by atoms with Crippen molar-refractivity contribution in [2.24, 2.45) is 7.05 Å². The highest BCUT2D eigenvalue weighted by molar-refractivity contribution is 6.13. The zero-order valence-electron chi connectivity index (χ0n) is 16.2. The number of hydrogen-bond donors (Lipinski definition) is 1. The smallest absolute Gasteiger partial charge is 0.335 e. The van der Waals surface area contributed by atoms with Crippen molar-refractivity contribution in [3.63, 3.8) is 0 Å². The first-order valence-corrected chi connectivity index (χ1v) is 8.90. The van der Waals surface area contributed by atoms with Crippen molar-refractivity contribution in [3.05, 3.63) is 59.0 Å². The van der Waals surface area contributed by atoms with Gasteiger partial charge >= 0.3 is 6.18 Å². The lowest BCUT2D eigenvalue weighted by atomic mass is 10.1. The predicted molar refractivity (Wildman–Crippen MR) is 103 cm³/mol. The van der Waals surface area contributed by atoms with Gasteiger partial charge in [0, 0.05) is 24.5 Å². The Balaban J connectivity index is 1.79. The maximum absolute atomic E-state index is 13.0. The number of amides is 1. The normalized spacial score (nSPS) is 11.8. The lowest BCUT2D eigenvalue weighted by molar-refractivity contribution is -0.137. The number of nitrogens with one attached hydrogen (secondary N) is 1. The molecule has 0 saturated carbocycles. The summed E-state index contributed by atoms with van der Waals surface area (Å²) in [6.07, 6.45) is -2.76. The number of alkyl halides is 3. The molecule has 0 fully saturated rings. The third-order valence-corrected chi connectivity index (χ3v) is 4.60. The molecule has 1 N–H and O–H groups in total. The molecular formula is C20H16F3N5O2. The van der Waals surface area contributed by atoms with Gasteiger partial charge in [-0.05, 0) is 38.1 Å². The van der Waals surface area contributed by atoms with Crippen LogP contribution in [0.1, 0.15) is 27.3 Å². The first kappa shape index (κ1) is 19.6. The van der Waals surface area contributed by atoms with Gasteiger partial charge in [-0.2, -0.15) is 18.3 Å². The molecule has 1 aromatic carbocycles. The van der Waals surface area contributed by atoms with Crippen molar-refractivity contribution >= 4 is 22.7 Å². The topological polar surface area (TPSA) is 85.8 Å². The van der Waals surface area contributed by atoms with Crippen molar-refractivity contribution in [3.8, 4) is 11.3 Å². The Labute approximate surface area is 168 Å². The number of hydrogen-bond acceptors (Lipinski definition) is 5. The summed E-state index contributed by atoms with van der Waals surface area (Å²) in [4.78, 5) is 17.4. The zero-order chi connectivity index (χ0) is 21.6. The van der Waals surface area contributed by atoms with E-state index >= 15 is 0 Å². The van der Waals surface area contributed by atoms with Crippen molar-refractivity contribution in [1.82, 2.24) is 19.9 Å². The van der Waals surface area contributed by atoms with Crippen LogP contribution in [-0.2, 0) is 13.2 Å². The van der Waals surface area contributed by atoms with Gasteiger partial charge < -0.3 is 9.84 Å². The second-order valence-corrected chi connectivity index (χ2v) is 6.84. The van der Waals surface area contributed by atoms with E-state index in [1.54, 1.807) is 37.8 Å².